The Morgan fingerprint density at radius 1 is 1.03 bits per heavy atom. The largest absolute Gasteiger partial charge is 0.497 e. The van der Waals surface area contributed by atoms with Crippen LogP contribution in [0.15, 0.2) is 48.5 Å². The lowest BCUT2D eigenvalue weighted by atomic mass is 9.80. The van der Waals surface area contributed by atoms with Crippen LogP contribution in [0.4, 0.5) is 0 Å². The van der Waals surface area contributed by atoms with E-state index in [1.165, 1.54) is 31.2 Å². The van der Waals surface area contributed by atoms with Gasteiger partial charge in [-0.3, -0.25) is 14.5 Å². The second kappa shape index (κ2) is 10.2. The van der Waals surface area contributed by atoms with Gasteiger partial charge >= 0.3 is 0 Å². The van der Waals surface area contributed by atoms with Crippen molar-refractivity contribution in [2.75, 3.05) is 26.7 Å². The summed E-state index contributed by atoms with van der Waals surface area (Å²) in [6.07, 6.45) is 4.80. The monoisotopic (exact) mass is 435 g/mol. The molecule has 2 N–H and O–H groups in total. The maximum Gasteiger partial charge on any atom is 0.251 e. The Morgan fingerprint density at radius 2 is 1.75 bits per heavy atom. The van der Waals surface area contributed by atoms with E-state index in [0.29, 0.717) is 17.5 Å². The highest BCUT2D eigenvalue weighted by atomic mass is 16.5. The van der Waals surface area contributed by atoms with Crippen molar-refractivity contribution in [3.63, 3.8) is 0 Å². The van der Waals surface area contributed by atoms with Gasteiger partial charge in [-0.25, -0.2) is 0 Å². The number of hydrogen-bond donors (Lipinski definition) is 2. The van der Waals surface area contributed by atoms with Crippen molar-refractivity contribution >= 4 is 11.8 Å². The van der Waals surface area contributed by atoms with Crippen LogP contribution < -0.4 is 15.4 Å². The normalized spacial score (nSPS) is 21.4. The second-order valence-electron chi connectivity index (χ2n) is 9.05. The van der Waals surface area contributed by atoms with Crippen molar-refractivity contribution in [1.82, 2.24) is 15.5 Å². The number of nitrogens with zero attached hydrogens (tertiary/aromatic N) is 1. The fraction of sp³-hybridized carbons (Fsp3) is 0.462. The maximum absolute atomic E-state index is 12.2. The highest BCUT2D eigenvalue weighted by Gasteiger charge is 2.35. The van der Waals surface area contributed by atoms with Gasteiger partial charge in [0.2, 0.25) is 5.91 Å². The quantitative estimate of drug-likeness (QED) is 0.700. The predicted molar refractivity (Wildman–Crippen MR) is 125 cm³/mol. The molecule has 0 radical (unpaired) electrons. The summed E-state index contributed by atoms with van der Waals surface area (Å²) in [5.74, 6) is 1.20. The molecule has 1 saturated heterocycles. The molecule has 2 fully saturated rings. The molecule has 1 heterocycles. The number of carbonyl (C=O) groups is 2. The molecule has 2 amide bonds. The molecule has 1 saturated carbocycles. The molecule has 1 aliphatic heterocycles. The summed E-state index contributed by atoms with van der Waals surface area (Å²) < 4.78 is 5.26. The van der Waals surface area contributed by atoms with Gasteiger partial charge in [-0.2, -0.15) is 0 Å². The van der Waals surface area contributed by atoms with E-state index >= 15 is 0 Å². The lowest BCUT2D eigenvalue weighted by Gasteiger charge is -2.46. The number of rotatable bonds is 7. The molecule has 6 nitrogen and oxygen atoms in total. The van der Waals surface area contributed by atoms with Crippen LogP contribution in [0, 0.1) is 6.92 Å². The SMILES string of the molecule is COc1ccc([C@H]2CC[C@@H](N3CC(NC(=O)CNC(=O)c4cccc(C)c4)C3)CC2)cc1. The van der Waals surface area contributed by atoms with E-state index in [-0.39, 0.29) is 24.4 Å². The number of benzene rings is 2. The topological polar surface area (TPSA) is 70.7 Å². The average molecular weight is 436 g/mol. The number of carbonyl (C=O) groups excluding carboxylic acids is 2. The molecule has 1 aliphatic carbocycles. The first-order chi connectivity index (χ1) is 15.5. The second-order valence-corrected chi connectivity index (χ2v) is 9.05. The molecule has 0 bridgehead atoms. The number of nitrogens with one attached hydrogen (secondary N) is 2. The van der Waals surface area contributed by atoms with E-state index in [0.717, 1.165) is 24.4 Å². The van der Waals surface area contributed by atoms with Crippen LogP contribution in [0.2, 0.25) is 0 Å². The van der Waals surface area contributed by atoms with Crippen LogP contribution in [0.5, 0.6) is 5.75 Å². The lowest BCUT2D eigenvalue weighted by molar-refractivity contribution is -0.122. The molecule has 0 unspecified atom stereocenters. The molecule has 0 atom stereocenters. The van der Waals surface area contributed by atoms with Crippen LogP contribution in [0.1, 0.15) is 53.1 Å². The summed E-state index contributed by atoms with van der Waals surface area (Å²) in [6, 6.07) is 16.6. The van der Waals surface area contributed by atoms with E-state index in [1.807, 2.05) is 37.3 Å². The molecule has 0 spiro atoms. The van der Waals surface area contributed by atoms with E-state index in [4.69, 9.17) is 4.74 Å². The summed E-state index contributed by atoms with van der Waals surface area (Å²) in [5.41, 5.74) is 3.01. The Bertz CT molecular complexity index is 930. The molecular formula is C26H33N3O3. The fourth-order valence-electron chi connectivity index (χ4n) is 4.88. The molecule has 4 rings (SSSR count). The summed E-state index contributed by atoms with van der Waals surface area (Å²) in [5, 5.41) is 5.75. The molecular weight excluding hydrogens is 402 g/mol. The van der Waals surface area contributed by atoms with Crippen molar-refractivity contribution < 1.29 is 14.3 Å². The zero-order valence-electron chi connectivity index (χ0n) is 19.0. The summed E-state index contributed by atoms with van der Waals surface area (Å²) in [7, 11) is 1.70. The van der Waals surface area contributed by atoms with Crippen LogP contribution in [0.3, 0.4) is 0 Å². The van der Waals surface area contributed by atoms with Crippen LogP contribution >= 0.6 is 0 Å². The third kappa shape index (κ3) is 5.49. The minimum Gasteiger partial charge on any atom is -0.497 e. The van der Waals surface area contributed by atoms with E-state index in [1.54, 1.807) is 13.2 Å². The fourth-order valence-corrected chi connectivity index (χ4v) is 4.88. The standard InChI is InChI=1S/C26H33N3O3/c1-18-4-3-5-21(14-18)26(31)27-15-25(30)28-22-16-29(17-22)23-10-6-19(7-11-23)20-8-12-24(32-2)13-9-20/h3-5,8-9,12-14,19,22-23H,6-7,10-11,15-17H2,1-2H3,(H,27,31)(H,28,30)/t19-,23+. The van der Waals surface area contributed by atoms with Gasteiger partial charge < -0.3 is 15.4 Å². The van der Waals surface area contributed by atoms with Crippen molar-refractivity contribution in [2.24, 2.45) is 0 Å². The van der Waals surface area contributed by atoms with Crippen molar-refractivity contribution in [3.05, 3.63) is 65.2 Å². The number of aryl methyl sites for hydroxylation is 1. The molecule has 32 heavy (non-hydrogen) atoms. The summed E-state index contributed by atoms with van der Waals surface area (Å²) in [4.78, 5) is 26.9. The minimum absolute atomic E-state index is 0.0102. The zero-order valence-corrected chi connectivity index (χ0v) is 19.0. The highest BCUT2D eigenvalue weighted by Crippen LogP contribution is 2.36. The van der Waals surface area contributed by atoms with Gasteiger partial charge in [0, 0.05) is 24.7 Å². The van der Waals surface area contributed by atoms with Crippen LogP contribution in [-0.2, 0) is 4.79 Å². The van der Waals surface area contributed by atoms with Crippen molar-refractivity contribution in [2.45, 2.75) is 50.6 Å². The summed E-state index contributed by atoms with van der Waals surface area (Å²) >= 11 is 0. The smallest absolute Gasteiger partial charge is 0.251 e. The minimum atomic E-state index is -0.215. The van der Waals surface area contributed by atoms with Gasteiger partial charge in [0.05, 0.1) is 19.7 Å². The Labute approximate surface area is 190 Å². The van der Waals surface area contributed by atoms with Gasteiger partial charge in [0.15, 0.2) is 0 Å². The maximum atomic E-state index is 12.2. The number of likely N-dealkylation sites (tertiary alicyclic amines) is 1. The van der Waals surface area contributed by atoms with Gasteiger partial charge in [-0.1, -0.05) is 29.8 Å². The summed E-state index contributed by atoms with van der Waals surface area (Å²) in [6.45, 7) is 3.75. The first-order valence-electron chi connectivity index (χ1n) is 11.5. The third-order valence-electron chi connectivity index (χ3n) is 6.76. The van der Waals surface area contributed by atoms with Gasteiger partial charge in [-0.05, 0) is 68.4 Å². The van der Waals surface area contributed by atoms with E-state index in [2.05, 4.69) is 27.7 Å². The van der Waals surface area contributed by atoms with Crippen LogP contribution in [-0.4, -0.2) is 55.5 Å². The molecule has 170 valence electrons. The first-order valence-corrected chi connectivity index (χ1v) is 11.5. The van der Waals surface area contributed by atoms with Gasteiger partial charge in [0.1, 0.15) is 5.75 Å². The Balaban J connectivity index is 1.14. The third-order valence-corrected chi connectivity index (χ3v) is 6.76. The van der Waals surface area contributed by atoms with E-state index < -0.39 is 0 Å². The number of hydrogen-bond acceptors (Lipinski definition) is 4. The lowest BCUT2D eigenvalue weighted by Crippen LogP contribution is -2.63. The zero-order chi connectivity index (χ0) is 22.5. The molecule has 6 heteroatoms. The number of amides is 2. The average Bonchev–Trinajstić information content (AvgIpc) is 2.80. The Morgan fingerprint density at radius 3 is 2.41 bits per heavy atom. The van der Waals surface area contributed by atoms with Crippen molar-refractivity contribution in [3.8, 4) is 5.75 Å². The molecule has 2 aromatic rings. The Kier molecular flexibility index (Phi) is 7.10. The van der Waals surface area contributed by atoms with Crippen LogP contribution in [0.25, 0.3) is 0 Å². The first kappa shape index (κ1) is 22.3. The number of ether oxygens (including phenoxy) is 1. The molecule has 2 aliphatic rings. The number of methoxy groups -OCH3 is 1. The van der Waals surface area contributed by atoms with Gasteiger partial charge in [0.25, 0.3) is 5.91 Å². The predicted octanol–water partition coefficient (Wildman–Crippen LogP) is 3.26. The van der Waals surface area contributed by atoms with Gasteiger partial charge in [-0.15, -0.1) is 0 Å². The highest BCUT2D eigenvalue weighted by molar-refractivity contribution is 5.96. The molecule has 0 aromatic heterocycles. The Hall–Kier alpha value is -2.86. The molecule has 2 aromatic carbocycles. The van der Waals surface area contributed by atoms with Crippen molar-refractivity contribution in [1.29, 1.82) is 0 Å². The van der Waals surface area contributed by atoms with E-state index in [9.17, 15) is 9.59 Å².